The van der Waals surface area contributed by atoms with Crippen LogP contribution in [0.15, 0.2) is 18.2 Å². The first kappa shape index (κ1) is 12.5. The number of hydrogen-bond donors (Lipinski definition) is 2. The molecule has 5 heteroatoms. The maximum Gasteiger partial charge on any atom is 0.321 e. The number of carboxylic acids is 2. The largest absolute Gasteiger partial charge is 0.480 e. The van der Waals surface area contributed by atoms with E-state index in [1.807, 2.05) is 0 Å². The number of carbonyl (C=O) groups is 2. The Kier molecular flexibility index (Phi) is 3.07. The summed E-state index contributed by atoms with van der Waals surface area (Å²) in [6.45, 7) is 0. The summed E-state index contributed by atoms with van der Waals surface area (Å²) >= 11 is 0. The smallest absolute Gasteiger partial charge is 0.321 e. The fraction of sp³-hybridized carbons (Fsp3) is 0.385. The van der Waals surface area contributed by atoms with Gasteiger partial charge in [-0.2, -0.15) is 0 Å². The lowest BCUT2D eigenvalue weighted by atomic mass is 9.60. The summed E-state index contributed by atoms with van der Waals surface area (Å²) in [5, 5.41) is 17.9. The van der Waals surface area contributed by atoms with Crippen LogP contribution in [0.3, 0.4) is 0 Å². The Labute approximate surface area is 103 Å². The molecule has 4 nitrogen and oxygen atoms in total. The van der Waals surface area contributed by atoms with Crippen LogP contribution < -0.4 is 0 Å². The molecule has 2 N–H and O–H groups in total. The quantitative estimate of drug-likeness (QED) is 0.799. The summed E-state index contributed by atoms with van der Waals surface area (Å²) < 4.78 is 12.9. The maximum absolute atomic E-state index is 12.9. The third kappa shape index (κ3) is 2.08. The molecule has 0 spiro atoms. The lowest BCUT2D eigenvalue weighted by Gasteiger charge is -2.41. The van der Waals surface area contributed by atoms with Gasteiger partial charge in [0.05, 0.1) is 0 Å². The van der Waals surface area contributed by atoms with Gasteiger partial charge in [0.1, 0.15) is 5.82 Å². The molecule has 18 heavy (non-hydrogen) atoms. The highest BCUT2D eigenvalue weighted by Gasteiger charge is 2.56. The van der Waals surface area contributed by atoms with E-state index in [0.717, 1.165) is 5.56 Å². The first-order valence-electron chi connectivity index (χ1n) is 5.57. The van der Waals surface area contributed by atoms with E-state index in [1.165, 1.54) is 12.1 Å². The van der Waals surface area contributed by atoms with Gasteiger partial charge in [0.2, 0.25) is 0 Å². The van der Waals surface area contributed by atoms with Gasteiger partial charge in [-0.3, -0.25) is 9.59 Å². The van der Waals surface area contributed by atoms with Crippen molar-refractivity contribution in [3.8, 4) is 0 Å². The van der Waals surface area contributed by atoms with Crippen molar-refractivity contribution >= 4 is 11.9 Å². The van der Waals surface area contributed by atoms with Gasteiger partial charge in [0.15, 0.2) is 5.41 Å². The van der Waals surface area contributed by atoms with Crippen molar-refractivity contribution in [3.05, 3.63) is 35.6 Å². The van der Waals surface area contributed by atoms with Crippen LogP contribution in [0.2, 0.25) is 0 Å². The molecular formula is C13H12FO4. The fourth-order valence-corrected chi connectivity index (χ4v) is 2.45. The third-order valence-electron chi connectivity index (χ3n) is 3.45. The molecule has 1 aromatic rings. The minimum atomic E-state index is -1.65. The molecule has 0 aliphatic heterocycles. The molecule has 1 fully saturated rings. The predicted molar refractivity (Wildman–Crippen MR) is 59.4 cm³/mol. The van der Waals surface area contributed by atoms with E-state index >= 15 is 0 Å². The molecule has 2 rings (SSSR count). The first-order chi connectivity index (χ1) is 8.44. The van der Waals surface area contributed by atoms with Crippen LogP contribution in [0.25, 0.3) is 0 Å². The Morgan fingerprint density at radius 3 is 2.50 bits per heavy atom. The van der Waals surface area contributed by atoms with Crippen molar-refractivity contribution in [3.63, 3.8) is 0 Å². The van der Waals surface area contributed by atoms with Crippen LogP contribution in [0.1, 0.15) is 18.4 Å². The third-order valence-corrected chi connectivity index (χ3v) is 3.45. The van der Waals surface area contributed by atoms with Crippen molar-refractivity contribution in [2.24, 2.45) is 11.3 Å². The van der Waals surface area contributed by atoms with Crippen molar-refractivity contribution < 1.29 is 24.2 Å². The van der Waals surface area contributed by atoms with E-state index in [9.17, 15) is 14.0 Å². The molecular weight excluding hydrogens is 239 g/mol. The number of hydrogen-bond acceptors (Lipinski definition) is 2. The SMILES string of the molecule is O=C(O)C1(C(=O)O)CC(Cc2cc[c]c(F)c2)C1. The number of rotatable bonds is 4. The van der Waals surface area contributed by atoms with E-state index < -0.39 is 23.2 Å². The highest BCUT2D eigenvalue weighted by atomic mass is 19.1. The van der Waals surface area contributed by atoms with Crippen molar-refractivity contribution in [2.75, 3.05) is 0 Å². The van der Waals surface area contributed by atoms with Crippen molar-refractivity contribution in [2.45, 2.75) is 19.3 Å². The Bertz CT molecular complexity index is 476. The maximum atomic E-state index is 12.9. The van der Waals surface area contributed by atoms with E-state index in [4.69, 9.17) is 10.2 Å². The van der Waals surface area contributed by atoms with Crippen molar-refractivity contribution in [1.82, 2.24) is 0 Å². The summed E-state index contributed by atoms with van der Waals surface area (Å²) in [4.78, 5) is 21.9. The van der Waals surface area contributed by atoms with Gasteiger partial charge in [-0.05, 0) is 36.8 Å². The summed E-state index contributed by atoms with van der Waals surface area (Å²) in [6.07, 6.45) is 0.684. The van der Waals surface area contributed by atoms with Crippen LogP contribution in [-0.4, -0.2) is 22.2 Å². The zero-order chi connectivity index (χ0) is 13.3. The normalized spacial score (nSPS) is 18.1. The van der Waals surface area contributed by atoms with Gasteiger partial charge in [-0.1, -0.05) is 12.1 Å². The Morgan fingerprint density at radius 2 is 2.00 bits per heavy atom. The molecule has 1 aliphatic carbocycles. The van der Waals surface area contributed by atoms with Crippen LogP contribution in [0, 0.1) is 23.2 Å². The zero-order valence-corrected chi connectivity index (χ0v) is 9.52. The molecule has 0 atom stereocenters. The summed E-state index contributed by atoms with van der Waals surface area (Å²) in [5.41, 5.74) is -0.912. The minimum Gasteiger partial charge on any atom is -0.480 e. The second-order valence-corrected chi connectivity index (χ2v) is 4.72. The van der Waals surface area contributed by atoms with Crippen LogP contribution in [0.5, 0.6) is 0 Å². The summed E-state index contributed by atoms with van der Waals surface area (Å²) in [5.74, 6) is -3.08. The lowest BCUT2D eigenvalue weighted by molar-refractivity contribution is -0.175. The fourth-order valence-electron chi connectivity index (χ4n) is 2.45. The molecule has 1 aromatic carbocycles. The van der Waals surface area contributed by atoms with Gasteiger partial charge < -0.3 is 10.2 Å². The summed E-state index contributed by atoms with van der Waals surface area (Å²) in [6, 6.07) is 6.88. The van der Waals surface area contributed by atoms with E-state index in [0.29, 0.717) is 6.42 Å². The molecule has 0 unspecified atom stereocenters. The Balaban J connectivity index is 2.01. The first-order valence-corrected chi connectivity index (χ1v) is 5.57. The van der Waals surface area contributed by atoms with Gasteiger partial charge >= 0.3 is 11.9 Å². The monoisotopic (exact) mass is 251 g/mol. The standard InChI is InChI=1S/C13H12FO4/c14-10-3-1-2-8(5-10)4-9-6-13(7-9,11(15)16)12(17)18/h1-2,5,9H,4,6-7H2,(H,15,16)(H,17,18). The Hall–Kier alpha value is -1.91. The zero-order valence-electron chi connectivity index (χ0n) is 9.52. The van der Waals surface area contributed by atoms with E-state index in [1.54, 1.807) is 6.07 Å². The van der Waals surface area contributed by atoms with E-state index in [2.05, 4.69) is 6.07 Å². The van der Waals surface area contributed by atoms with Gasteiger partial charge in [0.25, 0.3) is 0 Å². The molecule has 1 saturated carbocycles. The van der Waals surface area contributed by atoms with E-state index in [-0.39, 0.29) is 18.8 Å². The van der Waals surface area contributed by atoms with Crippen LogP contribution in [0.4, 0.5) is 4.39 Å². The molecule has 95 valence electrons. The number of halogens is 1. The average Bonchev–Trinajstić information content (AvgIpc) is 2.21. The molecule has 0 aromatic heterocycles. The lowest BCUT2D eigenvalue weighted by Crippen LogP contribution is -2.50. The highest BCUT2D eigenvalue weighted by molar-refractivity contribution is 5.99. The number of benzene rings is 1. The number of carboxylic acid groups (broad SMARTS) is 2. The second-order valence-electron chi connectivity index (χ2n) is 4.72. The summed E-state index contributed by atoms with van der Waals surface area (Å²) in [7, 11) is 0. The van der Waals surface area contributed by atoms with Crippen LogP contribution >= 0.6 is 0 Å². The molecule has 1 radical (unpaired) electrons. The second kappa shape index (κ2) is 4.40. The van der Waals surface area contributed by atoms with Gasteiger partial charge in [-0.25, -0.2) is 4.39 Å². The topological polar surface area (TPSA) is 74.6 Å². The average molecular weight is 251 g/mol. The van der Waals surface area contributed by atoms with Gasteiger partial charge in [0, 0.05) is 6.07 Å². The predicted octanol–water partition coefficient (Wildman–Crippen LogP) is 1.73. The van der Waals surface area contributed by atoms with Crippen molar-refractivity contribution in [1.29, 1.82) is 0 Å². The molecule has 1 aliphatic rings. The molecule has 0 saturated heterocycles. The minimum absolute atomic E-state index is 0.0287. The van der Waals surface area contributed by atoms with Crippen LogP contribution in [-0.2, 0) is 16.0 Å². The number of aliphatic carboxylic acids is 2. The van der Waals surface area contributed by atoms with Gasteiger partial charge in [-0.15, -0.1) is 0 Å². The molecule has 0 bridgehead atoms. The molecule has 0 amide bonds. The molecule has 0 heterocycles. The highest BCUT2D eigenvalue weighted by Crippen LogP contribution is 2.47. The Morgan fingerprint density at radius 1 is 1.39 bits per heavy atom.